The summed E-state index contributed by atoms with van der Waals surface area (Å²) in [5, 5.41) is 12.1. The van der Waals surface area contributed by atoms with Gasteiger partial charge < -0.3 is 14.7 Å². The lowest BCUT2D eigenvalue weighted by atomic mass is 9.96. The topological polar surface area (TPSA) is 87.4 Å². The number of amides is 1. The predicted molar refractivity (Wildman–Crippen MR) is 132 cm³/mol. The summed E-state index contributed by atoms with van der Waals surface area (Å²) in [6.45, 7) is 7.51. The van der Waals surface area contributed by atoms with E-state index in [1.165, 1.54) is 0 Å². The number of aliphatic hydroxyl groups is 1. The number of pyridine rings is 1. The van der Waals surface area contributed by atoms with E-state index in [1.54, 1.807) is 46.7 Å². The number of hydrogen-bond donors (Lipinski definition) is 1. The first-order valence-electron chi connectivity index (χ1n) is 11.7. The quantitative estimate of drug-likeness (QED) is 0.332. The molecule has 1 amide bonds. The predicted octanol–water partition coefficient (Wildman–Crippen LogP) is 3.36. The minimum Gasteiger partial charge on any atom is -0.505 e. The number of rotatable bonds is 5. The summed E-state index contributed by atoms with van der Waals surface area (Å²) in [6.07, 6.45) is 1.79. The second-order valence-corrected chi connectivity index (χ2v) is 9.37. The van der Waals surface area contributed by atoms with Crippen molar-refractivity contribution in [2.45, 2.75) is 19.9 Å². The van der Waals surface area contributed by atoms with Gasteiger partial charge in [-0.3, -0.25) is 18.9 Å². The Morgan fingerprint density at radius 1 is 1.11 bits per heavy atom. The Kier molecular flexibility index (Phi) is 6.35. The number of ether oxygens (including phenoxy) is 1. The van der Waals surface area contributed by atoms with Crippen LogP contribution in [0, 0.1) is 13.8 Å². The number of likely N-dealkylation sites (tertiary alicyclic amines) is 1. The highest BCUT2D eigenvalue weighted by Gasteiger charge is 2.46. The van der Waals surface area contributed by atoms with Crippen molar-refractivity contribution in [2.24, 2.45) is 0 Å². The Bertz CT molecular complexity index is 1330. The van der Waals surface area contributed by atoms with Crippen molar-refractivity contribution >= 4 is 34.7 Å². The number of halogens is 1. The van der Waals surface area contributed by atoms with E-state index in [1.807, 2.05) is 19.1 Å². The largest absolute Gasteiger partial charge is 0.505 e. The number of morpholine rings is 1. The van der Waals surface area contributed by atoms with Crippen LogP contribution in [-0.2, 0) is 14.3 Å². The highest BCUT2D eigenvalue weighted by molar-refractivity contribution is 6.46. The van der Waals surface area contributed by atoms with E-state index in [0.29, 0.717) is 53.9 Å². The highest BCUT2D eigenvalue weighted by Crippen LogP contribution is 2.40. The standard InChI is InChI=1S/C26H27ClN4O4/c1-16-4-3-9-30-21(17(2)28-25(16)30)23(32)20-22(18-5-7-19(27)8-6-18)31(26(34)24(20)33)11-10-29-12-14-35-15-13-29/h3-9,22,32H,10-15H2,1-2H3/b23-20+/t22-/m1/s1. The van der Waals surface area contributed by atoms with Crippen LogP contribution in [0.1, 0.15) is 28.6 Å². The maximum absolute atomic E-state index is 13.4. The lowest BCUT2D eigenvalue weighted by Crippen LogP contribution is -2.42. The van der Waals surface area contributed by atoms with Crippen LogP contribution >= 0.6 is 11.6 Å². The number of aryl methyl sites for hydroxylation is 2. The summed E-state index contributed by atoms with van der Waals surface area (Å²) in [5.41, 5.74) is 3.39. The molecule has 9 heteroatoms. The Labute approximate surface area is 208 Å². The number of imidazole rings is 1. The van der Waals surface area contributed by atoms with Crippen LogP contribution < -0.4 is 0 Å². The minimum atomic E-state index is -0.733. The Morgan fingerprint density at radius 2 is 1.83 bits per heavy atom. The summed E-state index contributed by atoms with van der Waals surface area (Å²) >= 11 is 6.12. The molecule has 0 bridgehead atoms. The van der Waals surface area contributed by atoms with Crippen molar-refractivity contribution < 1.29 is 19.4 Å². The van der Waals surface area contributed by atoms with Crippen LogP contribution in [0.3, 0.4) is 0 Å². The van der Waals surface area contributed by atoms with Crippen LogP contribution in [0.15, 0.2) is 48.2 Å². The van der Waals surface area contributed by atoms with Gasteiger partial charge in [0.25, 0.3) is 11.7 Å². The van der Waals surface area contributed by atoms with Gasteiger partial charge in [0.15, 0.2) is 5.76 Å². The summed E-state index contributed by atoms with van der Waals surface area (Å²) < 4.78 is 7.18. The first-order chi connectivity index (χ1) is 16.9. The lowest BCUT2D eigenvalue weighted by Gasteiger charge is -2.31. The fourth-order valence-corrected chi connectivity index (χ4v) is 5.03. The van der Waals surface area contributed by atoms with E-state index in [0.717, 1.165) is 18.7 Å². The molecule has 1 atom stereocenters. The van der Waals surface area contributed by atoms with Crippen molar-refractivity contribution in [1.29, 1.82) is 0 Å². The molecule has 1 aromatic carbocycles. The zero-order chi connectivity index (χ0) is 24.7. The number of hydrogen-bond acceptors (Lipinski definition) is 6. The minimum absolute atomic E-state index is 0.0608. The summed E-state index contributed by atoms with van der Waals surface area (Å²) in [4.78, 5) is 35.0. The molecular formula is C26H27ClN4O4. The maximum Gasteiger partial charge on any atom is 0.295 e. The van der Waals surface area contributed by atoms with E-state index >= 15 is 0 Å². The number of Topliss-reactive ketones (excluding diaryl/α,β-unsaturated/α-hetero) is 1. The molecule has 1 N–H and O–H groups in total. The van der Waals surface area contributed by atoms with Crippen molar-refractivity contribution in [1.82, 2.24) is 19.2 Å². The van der Waals surface area contributed by atoms with Gasteiger partial charge in [0.2, 0.25) is 0 Å². The normalized spacial score (nSPS) is 20.8. The smallest absolute Gasteiger partial charge is 0.295 e. The number of aliphatic hydroxyl groups excluding tert-OH is 1. The number of aromatic nitrogens is 2. The van der Waals surface area contributed by atoms with Crippen LogP contribution in [0.25, 0.3) is 11.4 Å². The lowest BCUT2D eigenvalue weighted by molar-refractivity contribution is -0.140. The van der Waals surface area contributed by atoms with E-state index in [9.17, 15) is 14.7 Å². The highest BCUT2D eigenvalue weighted by atomic mass is 35.5. The first-order valence-corrected chi connectivity index (χ1v) is 12.0. The van der Waals surface area contributed by atoms with Crippen molar-refractivity contribution in [3.63, 3.8) is 0 Å². The zero-order valence-corrected chi connectivity index (χ0v) is 20.5. The van der Waals surface area contributed by atoms with Crippen LogP contribution in [0.4, 0.5) is 0 Å². The molecule has 3 aromatic rings. The zero-order valence-electron chi connectivity index (χ0n) is 19.7. The number of carbonyl (C=O) groups excluding carboxylic acids is 2. The van der Waals surface area contributed by atoms with Gasteiger partial charge in [0.1, 0.15) is 11.3 Å². The third-order valence-electron chi connectivity index (χ3n) is 6.73. The molecular weight excluding hydrogens is 468 g/mol. The molecule has 0 saturated carbocycles. The molecule has 35 heavy (non-hydrogen) atoms. The molecule has 4 heterocycles. The van der Waals surface area contributed by atoms with Gasteiger partial charge in [-0.25, -0.2) is 4.98 Å². The third kappa shape index (κ3) is 4.22. The molecule has 2 aliphatic heterocycles. The van der Waals surface area contributed by atoms with Crippen LogP contribution in [0.5, 0.6) is 0 Å². The van der Waals surface area contributed by atoms with Crippen molar-refractivity contribution in [2.75, 3.05) is 39.4 Å². The Morgan fingerprint density at radius 3 is 2.54 bits per heavy atom. The molecule has 5 rings (SSSR count). The van der Waals surface area contributed by atoms with Gasteiger partial charge in [0, 0.05) is 37.4 Å². The molecule has 2 aromatic heterocycles. The number of fused-ring (bicyclic) bond motifs is 1. The molecule has 0 aliphatic carbocycles. The molecule has 2 aliphatic rings. The molecule has 0 spiro atoms. The second-order valence-electron chi connectivity index (χ2n) is 8.93. The number of benzene rings is 1. The monoisotopic (exact) mass is 494 g/mol. The van der Waals surface area contributed by atoms with E-state index < -0.39 is 17.7 Å². The molecule has 8 nitrogen and oxygen atoms in total. The number of carbonyl (C=O) groups is 2. The number of nitrogens with zero attached hydrogens (tertiary/aromatic N) is 4. The van der Waals surface area contributed by atoms with E-state index in [2.05, 4.69) is 9.88 Å². The van der Waals surface area contributed by atoms with Crippen molar-refractivity contribution in [3.05, 3.63) is 75.7 Å². The molecule has 2 saturated heterocycles. The molecule has 182 valence electrons. The van der Waals surface area contributed by atoms with Crippen molar-refractivity contribution in [3.8, 4) is 0 Å². The summed E-state index contributed by atoms with van der Waals surface area (Å²) in [5.74, 6) is -1.55. The van der Waals surface area contributed by atoms with Crippen LogP contribution in [-0.4, -0.2) is 75.4 Å². The summed E-state index contributed by atoms with van der Waals surface area (Å²) in [6, 6.07) is 10.1. The van der Waals surface area contributed by atoms with E-state index in [4.69, 9.17) is 16.3 Å². The number of ketones is 1. The van der Waals surface area contributed by atoms with Gasteiger partial charge in [-0.1, -0.05) is 29.8 Å². The fourth-order valence-electron chi connectivity index (χ4n) is 4.91. The SMILES string of the molecule is Cc1nc2c(C)cccn2c1/C(O)=C1\C(=O)C(=O)N(CCN2CCOCC2)[C@@H]1c1ccc(Cl)cc1. The average molecular weight is 495 g/mol. The second kappa shape index (κ2) is 9.45. The van der Waals surface area contributed by atoms with Gasteiger partial charge in [-0.2, -0.15) is 0 Å². The van der Waals surface area contributed by atoms with Crippen LogP contribution in [0.2, 0.25) is 5.02 Å². The third-order valence-corrected chi connectivity index (χ3v) is 6.98. The Hall–Kier alpha value is -3.20. The first kappa shape index (κ1) is 23.5. The molecule has 0 unspecified atom stereocenters. The maximum atomic E-state index is 13.4. The van der Waals surface area contributed by atoms with Gasteiger partial charge in [0.05, 0.1) is 30.5 Å². The Balaban J connectivity index is 1.62. The van der Waals surface area contributed by atoms with Gasteiger partial charge >= 0.3 is 0 Å². The van der Waals surface area contributed by atoms with E-state index in [-0.39, 0.29) is 11.3 Å². The average Bonchev–Trinajstić information content (AvgIpc) is 3.33. The van der Waals surface area contributed by atoms with Gasteiger partial charge in [-0.15, -0.1) is 0 Å². The molecule has 0 radical (unpaired) electrons. The fraction of sp³-hybridized carbons (Fsp3) is 0.346. The molecule has 2 fully saturated rings. The summed E-state index contributed by atoms with van der Waals surface area (Å²) in [7, 11) is 0. The van der Waals surface area contributed by atoms with Gasteiger partial charge in [-0.05, 0) is 43.2 Å².